The Morgan fingerprint density at radius 1 is 1.06 bits per heavy atom. The minimum absolute atomic E-state index is 0.293. The minimum atomic E-state index is 0.293. The monoisotopic (exact) mass is 480 g/mol. The molecule has 2 aromatic heterocycles. The molecule has 4 saturated carbocycles. The topological polar surface area (TPSA) is 62.1 Å². The standard InChI is InChI=1S/C25H28N4O2S2/c1-29-22(11-25-8-15-4-16(9-25)6-17(5-15)10-25)27-28-24(29)33-13-19-12-32-23(26-19)18-2-3-20-21(7-18)31-14-30-20/h2-3,7,12,15-17H,4-6,8-11,13-14H2,1H3. The first-order valence-electron chi connectivity index (χ1n) is 12.0. The smallest absolute Gasteiger partial charge is 0.231 e. The van der Waals surface area contributed by atoms with Gasteiger partial charge in [-0.15, -0.1) is 21.5 Å². The van der Waals surface area contributed by atoms with E-state index in [-0.39, 0.29) is 0 Å². The molecule has 4 aliphatic carbocycles. The van der Waals surface area contributed by atoms with Gasteiger partial charge in [0.15, 0.2) is 16.7 Å². The van der Waals surface area contributed by atoms with E-state index in [9.17, 15) is 0 Å². The van der Waals surface area contributed by atoms with Gasteiger partial charge in [0.25, 0.3) is 0 Å². The van der Waals surface area contributed by atoms with Crippen LogP contribution in [-0.2, 0) is 19.2 Å². The predicted octanol–water partition coefficient (Wildman–Crippen LogP) is 5.72. The number of benzene rings is 1. The van der Waals surface area contributed by atoms with Gasteiger partial charge in [-0.05, 0) is 79.9 Å². The van der Waals surface area contributed by atoms with Gasteiger partial charge in [-0.2, -0.15) is 0 Å². The molecule has 3 heterocycles. The van der Waals surface area contributed by atoms with E-state index in [0.29, 0.717) is 12.2 Å². The number of fused-ring (bicyclic) bond motifs is 1. The van der Waals surface area contributed by atoms with E-state index < -0.39 is 0 Å². The van der Waals surface area contributed by atoms with Gasteiger partial charge in [0.2, 0.25) is 6.79 Å². The second kappa shape index (κ2) is 7.73. The molecule has 5 aliphatic rings. The lowest BCUT2D eigenvalue weighted by Gasteiger charge is -2.56. The van der Waals surface area contributed by atoms with Crippen molar-refractivity contribution in [3.63, 3.8) is 0 Å². The zero-order valence-corrected chi connectivity index (χ0v) is 20.5. The molecule has 8 heteroatoms. The fraction of sp³-hybridized carbons (Fsp3) is 0.560. The molecule has 0 saturated heterocycles. The van der Waals surface area contributed by atoms with E-state index in [2.05, 4.69) is 27.2 Å². The summed E-state index contributed by atoms with van der Waals surface area (Å²) in [6.45, 7) is 0.293. The first kappa shape index (κ1) is 20.3. The first-order chi connectivity index (χ1) is 16.1. The average molecular weight is 481 g/mol. The largest absolute Gasteiger partial charge is 0.454 e. The number of hydrogen-bond acceptors (Lipinski definition) is 7. The molecular weight excluding hydrogens is 452 g/mol. The van der Waals surface area contributed by atoms with Crippen LogP contribution in [0.25, 0.3) is 10.6 Å². The third-order valence-corrected chi connectivity index (χ3v) is 10.1. The van der Waals surface area contributed by atoms with Crippen LogP contribution >= 0.6 is 23.1 Å². The summed E-state index contributed by atoms with van der Waals surface area (Å²) in [5, 5.41) is 13.3. The molecule has 1 aliphatic heterocycles. The highest BCUT2D eigenvalue weighted by Crippen LogP contribution is 2.61. The predicted molar refractivity (Wildman–Crippen MR) is 129 cm³/mol. The van der Waals surface area contributed by atoms with Crippen LogP contribution in [0.2, 0.25) is 0 Å². The summed E-state index contributed by atoms with van der Waals surface area (Å²) < 4.78 is 13.2. The van der Waals surface area contributed by atoms with Crippen LogP contribution < -0.4 is 9.47 Å². The Morgan fingerprint density at radius 2 is 1.82 bits per heavy atom. The Balaban J connectivity index is 1.03. The lowest BCUT2D eigenvalue weighted by molar-refractivity contribution is -0.0535. The normalized spacial score (nSPS) is 29.2. The molecular formula is C25H28N4O2S2. The first-order valence-corrected chi connectivity index (χ1v) is 13.8. The van der Waals surface area contributed by atoms with Crippen molar-refractivity contribution in [3.8, 4) is 22.1 Å². The van der Waals surface area contributed by atoms with Crippen LogP contribution in [-0.4, -0.2) is 26.5 Å². The molecule has 1 aromatic carbocycles. The maximum absolute atomic E-state index is 5.51. The van der Waals surface area contributed by atoms with Crippen molar-refractivity contribution in [2.75, 3.05) is 6.79 Å². The Hall–Kier alpha value is -2.06. The molecule has 0 amide bonds. The molecule has 0 atom stereocenters. The summed E-state index contributed by atoms with van der Waals surface area (Å²) in [5.41, 5.74) is 2.63. The summed E-state index contributed by atoms with van der Waals surface area (Å²) in [5.74, 6) is 6.48. The number of aromatic nitrogens is 4. The van der Waals surface area contributed by atoms with Gasteiger partial charge in [-0.25, -0.2) is 4.98 Å². The van der Waals surface area contributed by atoms with Crippen molar-refractivity contribution in [2.45, 2.75) is 55.9 Å². The highest BCUT2D eigenvalue weighted by molar-refractivity contribution is 7.98. The van der Waals surface area contributed by atoms with Crippen molar-refractivity contribution in [3.05, 3.63) is 35.1 Å². The van der Waals surface area contributed by atoms with Crippen LogP contribution in [0.1, 0.15) is 50.0 Å². The van der Waals surface area contributed by atoms with Crippen LogP contribution in [0.15, 0.2) is 28.7 Å². The van der Waals surface area contributed by atoms with Crippen LogP contribution in [0.4, 0.5) is 0 Å². The van der Waals surface area contributed by atoms with Crippen molar-refractivity contribution in [2.24, 2.45) is 30.2 Å². The Kier molecular flexibility index (Phi) is 4.76. The van der Waals surface area contributed by atoms with Crippen LogP contribution in [0.5, 0.6) is 11.5 Å². The molecule has 0 spiro atoms. The highest BCUT2D eigenvalue weighted by atomic mass is 32.2. The Bertz CT molecular complexity index is 1170. The third kappa shape index (κ3) is 3.66. The highest BCUT2D eigenvalue weighted by Gasteiger charge is 2.51. The van der Waals surface area contributed by atoms with Crippen molar-refractivity contribution >= 4 is 23.1 Å². The molecule has 0 unspecified atom stereocenters. The lowest BCUT2D eigenvalue weighted by atomic mass is 9.49. The summed E-state index contributed by atoms with van der Waals surface area (Å²) in [7, 11) is 2.14. The molecule has 172 valence electrons. The number of ether oxygens (including phenoxy) is 2. The van der Waals surface area contributed by atoms with Gasteiger partial charge in [0.1, 0.15) is 10.8 Å². The quantitative estimate of drug-likeness (QED) is 0.421. The number of thioether (sulfide) groups is 1. The lowest BCUT2D eigenvalue weighted by Crippen LogP contribution is -2.47. The minimum Gasteiger partial charge on any atom is -0.454 e. The van der Waals surface area contributed by atoms with Gasteiger partial charge in [0, 0.05) is 30.2 Å². The fourth-order valence-electron chi connectivity index (χ4n) is 7.14. The van der Waals surface area contributed by atoms with E-state index in [1.165, 1.54) is 44.3 Å². The fourth-order valence-corrected chi connectivity index (χ4v) is 8.89. The number of hydrogen-bond donors (Lipinski definition) is 0. The zero-order valence-electron chi connectivity index (χ0n) is 18.8. The van der Waals surface area contributed by atoms with Gasteiger partial charge >= 0.3 is 0 Å². The summed E-state index contributed by atoms with van der Waals surface area (Å²) in [6, 6.07) is 6.01. The van der Waals surface area contributed by atoms with Crippen LogP contribution in [0.3, 0.4) is 0 Å². The van der Waals surface area contributed by atoms with Crippen LogP contribution in [0, 0.1) is 23.2 Å². The Morgan fingerprint density at radius 3 is 2.61 bits per heavy atom. The SMILES string of the molecule is Cn1c(CC23CC4CC(CC(C4)C2)C3)nnc1SCc1csc(-c2ccc3c(c2)OCO3)n1. The summed E-state index contributed by atoms with van der Waals surface area (Å²) >= 11 is 3.40. The number of thiazole rings is 1. The van der Waals surface area contributed by atoms with Gasteiger partial charge in [-0.3, -0.25) is 0 Å². The van der Waals surface area contributed by atoms with Gasteiger partial charge in [-0.1, -0.05) is 11.8 Å². The maximum atomic E-state index is 5.51. The van der Waals surface area contributed by atoms with Crippen molar-refractivity contribution < 1.29 is 9.47 Å². The molecule has 0 N–H and O–H groups in total. The molecule has 8 rings (SSSR count). The summed E-state index contributed by atoms with van der Waals surface area (Å²) in [4.78, 5) is 4.85. The molecule has 0 radical (unpaired) electrons. The second-order valence-electron chi connectivity index (χ2n) is 10.6. The number of rotatable bonds is 6. The molecule has 3 aromatic rings. The average Bonchev–Trinajstić information content (AvgIpc) is 3.52. The van der Waals surface area contributed by atoms with Gasteiger partial charge in [0.05, 0.1) is 5.69 Å². The van der Waals surface area contributed by atoms with E-state index in [0.717, 1.165) is 62.8 Å². The van der Waals surface area contributed by atoms with Gasteiger partial charge < -0.3 is 14.0 Å². The van der Waals surface area contributed by atoms with Crippen molar-refractivity contribution in [1.82, 2.24) is 19.7 Å². The molecule has 4 fully saturated rings. The third-order valence-electron chi connectivity index (χ3n) is 8.14. The molecule has 33 heavy (non-hydrogen) atoms. The molecule has 6 nitrogen and oxygen atoms in total. The Labute approximate surface area is 202 Å². The maximum Gasteiger partial charge on any atom is 0.231 e. The van der Waals surface area contributed by atoms with Crippen molar-refractivity contribution in [1.29, 1.82) is 0 Å². The molecule has 4 bridgehead atoms. The van der Waals surface area contributed by atoms with E-state index in [1.807, 2.05) is 18.2 Å². The second-order valence-corrected chi connectivity index (χ2v) is 12.4. The summed E-state index contributed by atoms with van der Waals surface area (Å²) in [6.07, 6.45) is 9.80. The number of nitrogens with zero attached hydrogens (tertiary/aromatic N) is 4. The van der Waals surface area contributed by atoms with E-state index in [1.54, 1.807) is 23.1 Å². The zero-order chi connectivity index (χ0) is 22.0. The van der Waals surface area contributed by atoms with E-state index >= 15 is 0 Å². The van der Waals surface area contributed by atoms with E-state index in [4.69, 9.17) is 14.5 Å².